The SMILES string of the molecule is Cc1ccc(S(=O)(=O)N(C)CC(=O)N2CC(=O)Nc3ccccc32)cc1. The fourth-order valence-electron chi connectivity index (χ4n) is 2.71. The van der Waals surface area contributed by atoms with Crippen LogP contribution in [0.4, 0.5) is 11.4 Å². The van der Waals surface area contributed by atoms with E-state index in [2.05, 4.69) is 5.32 Å². The fourth-order valence-corrected chi connectivity index (χ4v) is 3.83. The molecule has 26 heavy (non-hydrogen) atoms. The molecule has 0 unspecified atom stereocenters. The Morgan fingerprint density at radius 3 is 2.50 bits per heavy atom. The second-order valence-electron chi connectivity index (χ2n) is 6.12. The highest BCUT2D eigenvalue weighted by Crippen LogP contribution is 2.29. The molecular formula is C18H19N3O4S. The molecule has 1 aliphatic heterocycles. The molecule has 7 nitrogen and oxygen atoms in total. The first-order valence-electron chi connectivity index (χ1n) is 8.01. The van der Waals surface area contributed by atoms with Crippen molar-refractivity contribution in [3.63, 3.8) is 0 Å². The summed E-state index contributed by atoms with van der Waals surface area (Å²) in [5, 5.41) is 2.69. The highest BCUT2D eigenvalue weighted by atomic mass is 32.2. The van der Waals surface area contributed by atoms with E-state index in [0.29, 0.717) is 11.4 Å². The lowest BCUT2D eigenvalue weighted by molar-refractivity contribution is -0.121. The molecule has 1 N–H and O–H groups in total. The van der Waals surface area contributed by atoms with Crippen molar-refractivity contribution in [1.82, 2.24) is 4.31 Å². The minimum absolute atomic E-state index is 0.121. The average Bonchev–Trinajstić information content (AvgIpc) is 2.61. The summed E-state index contributed by atoms with van der Waals surface area (Å²) >= 11 is 0. The van der Waals surface area contributed by atoms with Gasteiger partial charge < -0.3 is 5.32 Å². The molecule has 8 heteroatoms. The standard InChI is InChI=1S/C18H19N3O4S/c1-13-7-9-14(10-8-13)26(24,25)20(2)12-18(23)21-11-17(22)19-15-5-3-4-6-16(15)21/h3-10H,11-12H2,1-2H3,(H,19,22). The number of carbonyl (C=O) groups excluding carboxylic acids is 2. The summed E-state index contributed by atoms with van der Waals surface area (Å²) in [4.78, 5) is 26.0. The van der Waals surface area contributed by atoms with E-state index in [1.807, 2.05) is 6.92 Å². The second kappa shape index (κ2) is 6.89. The number of amides is 2. The number of rotatable bonds is 4. The van der Waals surface area contributed by atoms with Gasteiger partial charge in [0.2, 0.25) is 21.8 Å². The number of fused-ring (bicyclic) bond motifs is 1. The number of hydrogen-bond donors (Lipinski definition) is 1. The minimum Gasteiger partial charge on any atom is -0.323 e. The summed E-state index contributed by atoms with van der Waals surface area (Å²) in [6.07, 6.45) is 0. The Hall–Kier alpha value is -2.71. The molecule has 0 aromatic heterocycles. The first kappa shape index (κ1) is 18.1. The Kier molecular flexibility index (Phi) is 4.80. The number of aryl methyl sites for hydroxylation is 1. The monoisotopic (exact) mass is 373 g/mol. The number of nitrogens with zero attached hydrogens (tertiary/aromatic N) is 2. The molecule has 136 valence electrons. The Morgan fingerprint density at radius 1 is 1.15 bits per heavy atom. The van der Waals surface area contributed by atoms with Crippen LogP contribution in [0.5, 0.6) is 0 Å². The molecule has 0 atom stereocenters. The molecule has 0 aliphatic carbocycles. The third-order valence-electron chi connectivity index (χ3n) is 4.16. The van der Waals surface area contributed by atoms with E-state index in [0.717, 1.165) is 9.87 Å². The van der Waals surface area contributed by atoms with Gasteiger partial charge in [0.15, 0.2) is 0 Å². The highest BCUT2D eigenvalue weighted by Gasteiger charge is 2.30. The van der Waals surface area contributed by atoms with Crippen LogP contribution >= 0.6 is 0 Å². The van der Waals surface area contributed by atoms with Crippen molar-refractivity contribution in [3.05, 3.63) is 54.1 Å². The van der Waals surface area contributed by atoms with Crippen LogP contribution in [-0.2, 0) is 19.6 Å². The lowest BCUT2D eigenvalue weighted by atomic mass is 10.2. The van der Waals surface area contributed by atoms with E-state index in [1.165, 1.54) is 24.1 Å². The Labute approximate surface area is 152 Å². The predicted molar refractivity (Wildman–Crippen MR) is 98.4 cm³/mol. The Morgan fingerprint density at radius 2 is 1.81 bits per heavy atom. The molecule has 0 saturated carbocycles. The largest absolute Gasteiger partial charge is 0.323 e. The molecule has 0 saturated heterocycles. The number of hydrogen-bond acceptors (Lipinski definition) is 4. The van der Waals surface area contributed by atoms with Crippen LogP contribution in [0, 0.1) is 6.92 Å². The van der Waals surface area contributed by atoms with Gasteiger partial charge in [-0.1, -0.05) is 29.8 Å². The van der Waals surface area contributed by atoms with E-state index in [1.54, 1.807) is 36.4 Å². The first-order chi connectivity index (χ1) is 12.3. The Bertz CT molecular complexity index is 955. The normalized spacial score (nSPS) is 14.1. The molecular weight excluding hydrogens is 354 g/mol. The van der Waals surface area contributed by atoms with Crippen molar-refractivity contribution in [2.45, 2.75) is 11.8 Å². The first-order valence-corrected chi connectivity index (χ1v) is 9.45. The second-order valence-corrected chi connectivity index (χ2v) is 8.16. The van der Waals surface area contributed by atoms with Gasteiger partial charge in [0.05, 0.1) is 22.8 Å². The fraction of sp³-hybridized carbons (Fsp3) is 0.222. The van der Waals surface area contributed by atoms with Crippen LogP contribution in [-0.4, -0.2) is 44.7 Å². The third kappa shape index (κ3) is 3.47. The predicted octanol–water partition coefficient (Wildman–Crippen LogP) is 1.60. The van der Waals surface area contributed by atoms with Crippen LogP contribution in [0.3, 0.4) is 0 Å². The van der Waals surface area contributed by atoms with E-state index < -0.39 is 15.9 Å². The molecule has 0 radical (unpaired) electrons. The number of sulfonamides is 1. The van der Waals surface area contributed by atoms with E-state index in [4.69, 9.17) is 0 Å². The van der Waals surface area contributed by atoms with Gasteiger partial charge in [0.25, 0.3) is 0 Å². The Balaban J connectivity index is 1.81. The van der Waals surface area contributed by atoms with Gasteiger partial charge in [0.1, 0.15) is 6.54 Å². The maximum Gasteiger partial charge on any atom is 0.244 e. The van der Waals surface area contributed by atoms with Crippen LogP contribution in [0.2, 0.25) is 0 Å². The maximum absolute atomic E-state index is 12.7. The molecule has 1 aliphatic rings. The molecule has 2 aromatic rings. The van der Waals surface area contributed by atoms with E-state index in [9.17, 15) is 18.0 Å². The van der Waals surface area contributed by atoms with Gasteiger partial charge in [-0.3, -0.25) is 14.5 Å². The number of nitrogens with one attached hydrogen (secondary N) is 1. The summed E-state index contributed by atoms with van der Waals surface area (Å²) < 4.78 is 26.3. The van der Waals surface area contributed by atoms with E-state index >= 15 is 0 Å². The van der Waals surface area contributed by atoms with Crippen molar-refractivity contribution in [3.8, 4) is 0 Å². The van der Waals surface area contributed by atoms with Crippen LogP contribution in [0.15, 0.2) is 53.4 Å². The number of likely N-dealkylation sites (N-methyl/N-ethyl adjacent to an activating group) is 1. The summed E-state index contributed by atoms with van der Waals surface area (Å²) in [7, 11) is -2.44. The van der Waals surface area contributed by atoms with Crippen molar-refractivity contribution in [1.29, 1.82) is 0 Å². The maximum atomic E-state index is 12.7. The van der Waals surface area contributed by atoms with Gasteiger partial charge in [-0.05, 0) is 31.2 Å². The zero-order valence-electron chi connectivity index (χ0n) is 14.5. The zero-order valence-corrected chi connectivity index (χ0v) is 15.3. The van der Waals surface area contributed by atoms with Crippen molar-refractivity contribution in [2.75, 3.05) is 30.4 Å². The highest BCUT2D eigenvalue weighted by molar-refractivity contribution is 7.89. The molecule has 0 bridgehead atoms. The van der Waals surface area contributed by atoms with Gasteiger partial charge in [-0.15, -0.1) is 0 Å². The van der Waals surface area contributed by atoms with Crippen molar-refractivity contribution in [2.24, 2.45) is 0 Å². The quantitative estimate of drug-likeness (QED) is 0.882. The number of para-hydroxylation sites is 2. The smallest absolute Gasteiger partial charge is 0.244 e. The van der Waals surface area contributed by atoms with Gasteiger partial charge in [0, 0.05) is 7.05 Å². The van der Waals surface area contributed by atoms with Gasteiger partial charge >= 0.3 is 0 Å². The minimum atomic E-state index is -3.80. The topological polar surface area (TPSA) is 86.8 Å². The van der Waals surface area contributed by atoms with Gasteiger partial charge in [-0.25, -0.2) is 8.42 Å². The third-order valence-corrected chi connectivity index (χ3v) is 5.98. The van der Waals surface area contributed by atoms with Crippen LogP contribution < -0.4 is 10.2 Å². The van der Waals surface area contributed by atoms with Crippen LogP contribution in [0.25, 0.3) is 0 Å². The zero-order chi connectivity index (χ0) is 18.9. The summed E-state index contributed by atoms with van der Waals surface area (Å²) in [6.45, 7) is 1.36. The number of anilines is 2. The van der Waals surface area contributed by atoms with Crippen molar-refractivity contribution < 1.29 is 18.0 Å². The summed E-state index contributed by atoms with van der Waals surface area (Å²) in [6, 6.07) is 13.3. The van der Waals surface area contributed by atoms with Crippen LogP contribution in [0.1, 0.15) is 5.56 Å². The van der Waals surface area contributed by atoms with Gasteiger partial charge in [-0.2, -0.15) is 4.31 Å². The number of benzene rings is 2. The summed E-state index contributed by atoms with van der Waals surface area (Å²) in [5.74, 6) is -0.786. The number of carbonyl (C=O) groups is 2. The van der Waals surface area contributed by atoms with E-state index in [-0.39, 0.29) is 23.9 Å². The molecule has 0 fully saturated rings. The average molecular weight is 373 g/mol. The molecule has 3 rings (SSSR count). The molecule has 0 spiro atoms. The molecule has 2 amide bonds. The lowest BCUT2D eigenvalue weighted by Crippen LogP contribution is -2.46. The van der Waals surface area contributed by atoms with Crippen molar-refractivity contribution >= 4 is 33.2 Å². The molecule has 2 aromatic carbocycles. The molecule has 1 heterocycles. The summed E-state index contributed by atoms with van der Waals surface area (Å²) in [5.41, 5.74) is 2.03. The lowest BCUT2D eigenvalue weighted by Gasteiger charge is -2.30.